The molecule has 0 bridgehead atoms. The van der Waals surface area contributed by atoms with E-state index in [0.717, 1.165) is 58.2 Å². The van der Waals surface area contributed by atoms with Crippen LogP contribution in [0.15, 0.2) is 18.5 Å². The summed E-state index contributed by atoms with van der Waals surface area (Å²) in [7, 11) is 0. The highest BCUT2D eigenvalue weighted by molar-refractivity contribution is 5.76. The number of amides is 1. The molecule has 6 heteroatoms. The molecule has 1 atom stereocenters. The van der Waals surface area contributed by atoms with Crippen molar-refractivity contribution in [3.05, 3.63) is 18.5 Å². The Morgan fingerprint density at radius 3 is 2.86 bits per heavy atom. The third-order valence-corrected chi connectivity index (χ3v) is 4.17. The number of rotatable bonds is 3. The van der Waals surface area contributed by atoms with Gasteiger partial charge in [0.25, 0.3) is 0 Å². The third-order valence-electron chi connectivity index (χ3n) is 4.17. The fraction of sp³-hybridized carbons (Fsp3) is 0.667. The van der Waals surface area contributed by atoms with Gasteiger partial charge in [0.2, 0.25) is 11.9 Å². The predicted octanol–water partition coefficient (Wildman–Crippen LogP) is 0.942. The quantitative estimate of drug-likeness (QED) is 0.829. The van der Waals surface area contributed by atoms with Crippen molar-refractivity contribution in [3.63, 3.8) is 0 Å². The van der Waals surface area contributed by atoms with Crippen LogP contribution >= 0.6 is 0 Å². The van der Waals surface area contributed by atoms with Gasteiger partial charge in [-0.25, -0.2) is 9.97 Å². The van der Waals surface area contributed by atoms with Crippen LogP contribution in [-0.2, 0) is 9.53 Å². The molecular weight excluding hydrogens is 268 g/mol. The highest BCUT2D eigenvalue weighted by atomic mass is 16.5. The fourth-order valence-corrected chi connectivity index (χ4v) is 2.94. The Morgan fingerprint density at radius 1 is 1.24 bits per heavy atom. The Morgan fingerprint density at radius 2 is 2.10 bits per heavy atom. The minimum absolute atomic E-state index is 0.265. The molecular formula is C15H22N4O2. The van der Waals surface area contributed by atoms with Crippen LogP contribution in [0.4, 0.5) is 5.95 Å². The molecule has 21 heavy (non-hydrogen) atoms. The molecule has 3 heterocycles. The molecule has 2 aliphatic rings. The molecule has 0 aromatic carbocycles. The van der Waals surface area contributed by atoms with E-state index in [1.54, 1.807) is 12.4 Å². The molecule has 0 saturated carbocycles. The van der Waals surface area contributed by atoms with Crippen molar-refractivity contribution < 1.29 is 9.53 Å². The van der Waals surface area contributed by atoms with Gasteiger partial charge in [0.05, 0.1) is 0 Å². The van der Waals surface area contributed by atoms with E-state index in [1.165, 1.54) is 0 Å². The second-order valence-corrected chi connectivity index (χ2v) is 5.70. The van der Waals surface area contributed by atoms with Gasteiger partial charge in [-0.3, -0.25) is 4.79 Å². The second kappa shape index (κ2) is 6.85. The van der Waals surface area contributed by atoms with Crippen LogP contribution in [0.1, 0.15) is 19.3 Å². The van der Waals surface area contributed by atoms with Gasteiger partial charge in [-0.1, -0.05) is 0 Å². The fourth-order valence-electron chi connectivity index (χ4n) is 2.94. The topological polar surface area (TPSA) is 58.6 Å². The largest absolute Gasteiger partial charge is 0.381 e. The first-order valence-corrected chi connectivity index (χ1v) is 7.70. The van der Waals surface area contributed by atoms with E-state index in [4.69, 9.17) is 4.74 Å². The van der Waals surface area contributed by atoms with Gasteiger partial charge < -0.3 is 14.5 Å². The summed E-state index contributed by atoms with van der Waals surface area (Å²) in [5, 5.41) is 0. The van der Waals surface area contributed by atoms with E-state index in [0.29, 0.717) is 12.3 Å². The molecule has 0 N–H and O–H groups in total. The summed E-state index contributed by atoms with van der Waals surface area (Å²) in [6, 6.07) is 1.82. The lowest BCUT2D eigenvalue weighted by atomic mass is 10.0. The van der Waals surface area contributed by atoms with Crippen molar-refractivity contribution in [1.29, 1.82) is 0 Å². The zero-order chi connectivity index (χ0) is 14.5. The summed E-state index contributed by atoms with van der Waals surface area (Å²) in [6.07, 6.45) is 6.13. The Labute approximate surface area is 125 Å². The smallest absolute Gasteiger partial charge is 0.225 e. The SMILES string of the molecule is O=C(C[C@@H]1CCOC1)N1CCCN(c2ncccn2)CC1. The molecule has 0 spiro atoms. The molecule has 6 nitrogen and oxygen atoms in total. The number of nitrogens with zero attached hydrogens (tertiary/aromatic N) is 4. The number of hydrogen-bond acceptors (Lipinski definition) is 5. The Kier molecular flexibility index (Phi) is 4.65. The van der Waals surface area contributed by atoms with Crippen LogP contribution in [0.5, 0.6) is 0 Å². The first kappa shape index (κ1) is 14.3. The molecule has 114 valence electrons. The molecule has 1 aromatic heterocycles. The lowest BCUT2D eigenvalue weighted by molar-refractivity contribution is -0.132. The number of carbonyl (C=O) groups is 1. The lowest BCUT2D eigenvalue weighted by Gasteiger charge is -2.23. The normalized spacial score (nSPS) is 23.1. The standard InChI is InChI=1S/C15H22N4O2/c20-14(11-13-3-10-21-12-13)18-6-2-7-19(9-8-18)15-16-4-1-5-17-15/h1,4-5,13H,2-3,6-12H2/t13-/m0/s1. The minimum atomic E-state index is 0.265. The van der Waals surface area contributed by atoms with Crippen LogP contribution in [0.2, 0.25) is 0 Å². The van der Waals surface area contributed by atoms with Gasteiger partial charge in [0.1, 0.15) is 0 Å². The Hall–Kier alpha value is -1.69. The maximum atomic E-state index is 12.4. The second-order valence-electron chi connectivity index (χ2n) is 5.70. The molecule has 0 unspecified atom stereocenters. The molecule has 2 fully saturated rings. The van der Waals surface area contributed by atoms with Crippen LogP contribution < -0.4 is 4.90 Å². The van der Waals surface area contributed by atoms with Crippen LogP contribution in [0.25, 0.3) is 0 Å². The number of hydrogen-bond donors (Lipinski definition) is 0. The summed E-state index contributed by atoms with van der Waals surface area (Å²) in [5.74, 6) is 1.44. The molecule has 2 aliphatic heterocycles. The van der Waals surface area contributed by atoms with E-state index in [-0.39, 0.29) is 5.91 Å². The zero-order valence-corrected chi connectivity index (χ0v) is 12.3. The number of ether oxygens (including phenoxy) is 1. The van der Waals surface area contributed by atoms with Crippen molar-refractivity contribution in [1.82, 2.24) is 14.9 Å². The average molecular weight is 290 g/mol. The van der Waals surface area contributed by atoms with Gasteiger partial charge in [-0.15, -0.1) is 0 Å². The molecule has 2 saturated heterocycles. The number of anilines is 1. The maximum Gasteiger partial charge on any atom is 0.225 e. The van der Waals surface area contributed by atoms with Crippen LogP contribution in [0, 0.1) is 5.92 Å². The van der Waals surface area contributed by atoms with Gasteiger partial charge in [0.15, 0.2) is 0 Å². The predicted molar refractivity (Wildman–Crippen MR) is 79.0 cm³/mol. The van der Waals surface area contributed by atoms with Crippen LogP contribution in [-0.4, -0.2) is 60.2 Å². The van der Waals surface area contributed by atoms with E-state index in [2.05, 4.69) is 14.9 Å². The van der Waals surface area contributed by atoms with E-state index >= 15 is 0 Å². The van der Waals surface area contributed by atoms with Crippen molar-refractivity contribution >= 4 is 11.9 Å². The summed E-state index contributed by atoms with van der Waals surface area (Å²) in [6.45, 7) is 4.83. The number of carbonyl (C=O) groups excluding carboxylic acids is 1. The van der Waals surface area contributed by atoms with Crippen LogP contribution in [0.3, 0.4) is 0 Å². The van der Waals surface area contributed by atoms with Crippen molar-refractivity contribution in [2.45, 2.75) is 19.3 Å². The van der Waals surface area contributed by atoms with Crippen molar-refractivity contribution in [3.8, 4) is 0 Å². The molecule has 3 rings (SSSR count). The molecule has 0 radical (unpaired) electrons. The first-order valence-electron chi connectivity index (χ1n) is 7.70. The van der Waals surface area contributed by atoms with Gasteiger partial charge >= 0.3 is 0 Å². The van der Waals surface area contributed by atoms with E-state index in [1.807, 2.05) is 11.0 Å². The highest BCUT2D eigenvalue weighted by Gasteiger charge is 2.24. The summed E-state index contributed by atoms with van der Waals surface area (Å²) >= 11 is 0. The van der Waals surface area contributed by atoms with Crippen molar-refractivity contribution in [2.24, 2.45) is 5.92 Å². The average Bonchev–Trinajstić information content (AvgIpc) is 2.89. The molecule has 0 aliphatic carbocycles. The third kappa shape index (κ3) is 3.69. The number of aromatic nitrogens is 2. The molecule has 1 aromatic rings. The van der Waals surface area contributed by atoms with E-state index < -0.39 is 0 Å². The Bertz CT molecular complexity index is 462. The highest BCUT2D eigenvalue weighted by Crippen LogP contribution is 2.18. The lowest BCUT2D eigenvalue weighted by Crippen LogP contribution is -2.36. The van der Waals surface area contributed by atoms with Gasteiger partial charge in [0, 0.05) is 58.2 Å². The Balaban J connectivity index is 1.54. The first-order chi connectivity index (χ1) is 10.3. The summed E-state index contributed by atoms with van der Waals surface area (Å²) in [4.78, 5) is 25.1. The minimum Gasteiger partial charge on any atom is -0.381 e. The molecule has 1 amide bonds. The van der Waals surface area contributed by atoms with Gasteiger partial charge in [-0.2, -0.15) is 0 Å². The van der Waals surface area contributed by atoms with E-state index in [9.17, 15) is 4.79 Å². The summed E-state index contributed by atoms with van der Waals surface area (Å²) in [5.41, 5.74) is 0. The summed E-state index contributed by atoms with van der Waals surface area (Å²) < 4.78 is 5.35. The van der Waals surface area contributed by atoms with Gasteiger partial charge in [-0.05, 0) is 24.8 Å². The zero-order valence-electron chi connectivity index (χ0n) is 12.3. The maximum absolute atomic E-state index is 12.4. The monoisotopic (exact) mass is 290 g/mol. The van der Waals surface area contributed by atoms with Crippen molar-refractivity contribution in [2.75, 3.05) is 44.3 Å².